The van der Waals surface area contributed by atoms with Gasteiger partial charge in [-0.3, -0.25) is 4.79 Å². The Bertz CT molecular complexity index is 1230. The second-order valence-electron chi connectivity index (χ2n) is 7.08. The van der Waals surface area contributed by atoms with E-state index in [1.54, 1.807) is 0 Å². The van der Waals surface area contributed by atoms with E-state index in [0.717, 1.165) is 22.4 Å². The van der Waals surface area contributed by atoms with Gasteiger partial charge in [0.05, 0.1) is 0 Å². The molecule has 0 spiro atoms. The molecule has 2 aromatic heterocycles. The Morgan fingerprint density at radius 1 is 1.16 bits per heavy atom. The molecule has 9 heteroatoms. The lowest BCUT2D eigenvalue weighted by Gasteiger charge is -2.08. The molecule has 0 unspecified atom stereocenters. The third-order valence-corrected chi connectivity index (χ3v) is 5.49. The Morgan fingerprint density at radius 3 is 2.61 bits per heavy atom. The summed E-state index contributed by atoms with van der Waals surface area (Å²) in [6.07, 6.45) is 1.88. The smallest absolute Gasteiger partial charge is 0.264 e. The third-order valence-electron chi connectivity index (χ3n) is 4.82. The minimum Gasteiger partial charge on any atom is -0.383 e. The van der Waals surface area contributed by atoms with Crippen molar-refractivity contribution in [2.45, 2.75) is 25.4 Å². The highest BCUT2D eigenvalue weighted by atomic mass is 32.2. The first kappa shape index (κ1) is 20.7. The van der Waals surface area contributed by atoms with E-state index >= 15 is 0 Å². The Morgan fingerprint density at radius 2 is 1.90 bits per heavy atom. The molecule has 4 aromatic rings. The number of anilines is 2. The number of nitrogens with two attached hydrogens (primary N) is 1. The normalized spacial score (nSPS) is 10.9. The van der Waals surface area contributed by atoms with Crippen LogP contribution in [0.2, 0.25) is 0 Å². The van der Waals surface area contributed by atoms with Gasteiger partial charge in [0.2, 0.25) is 11.7 Å². The van der Waals surface area contributed by atoms with Crippen LogP contribution in [0.15, 0.2) is 58.1 Å². The number of thioether (sulfide) groups is 1. The summed E-state index contributed by atoms with van der Waals surface area (Å²) in [6, 6.07) is 15.4. The zero-order chi connectivity index (χ0) is 22.0. The predicted molar refractivity (Wildman–Crippen MR) is 122 cm³/mol. The van der Waals surface area contributed by atoms with Gasteiger partial charge in [0.1, 0.15) is 23.0 Å². The number of nitrogens with zero attached hydrogens (tertiary/aromatic N) is 4. The van der Waals surface area contributed by atoms with Crippen LogP contribution < -0.4 is 11.1 Å². The highest BCUT2D eigenvalue weighted by Crippen LogP contribution is 2.34. The number of para-hydroxylation sites is 1. The number of amides is 1. The van der Waals surface area contributed by atoms with E-state index in [9.17, 15) is 4.79 Å². The van der Waals surface area contributed by atoms with E-state index in [1.807, 2.05) is 68.6 Å². The number of aromatic nitrogens is 4. The number of carbonyl (C=O) groups is 1. The van der Waals surface area contributed by atoms with Gasteiger partial charge >= 0.3 is 0 Å². The molecule has 31 heavy (non-hydrogen) atoms. The summed E-state index contributed by atoms with van der Waals surface area (Å²) in [5, 5.41) is 12.0. The largest absolute Gasteiger partial charge is 0.383 e. The Kier molecular flexibility index (Phi) is 5.77. The summed E-state index contributed by atoms with van der Waals surface area (Å²) in [5.74, 6) is 0.798. The summed E-state index contributed by atoms with van der Waals surface area (Å²) in [6.45, 7) is 3.91. The number of hydrogen-bond acceptors (Lipinski definition) is 7. The predicted octanol–water partition coefficient (Wildman–Crippen LogP) is 4.16. The summed E-state index contributed by atoms with van der Waals surface area (Å²) >= 11 is 1.39. The summed E-state index contributed by atoms with van der Waals surface area (Å²) < 4.78 is 6.93. The molecule has 2 aromatic carbocycles. The molecule has 0 saturated heterocycles. The van der Waals surface area contributed by atoms with E-state index in [4.69, 9.17) is 10.3 Å². The maximum Gasteiger partial charge on any atom is 0.264 e. The molecule has 0 radical (unpaired) electrons. The molecule has 2 heterocycles. The molecule has 0 fully saturated rings. The number of hydrogen-bond donors (Lipinski definition) is 2. The van der Waals surface area contributed by atoms with Gasteiger partial charge in [0.15, 0.2) is 0 Å². The quantitative estimate of drug-likeness (QED) is 0.438. The molecule has 0 aliphatic rings. The van der Waals surface area contributed by atoms with Crippen molar-refractivity contribution in [3.8, 4) is 22.8 Å². The van der Waals surface area contributed by atoms with Crippen molar-refractivity contribution >= 4 is 29.2 Å². The highest BCUT2D eigenvalue weighted by Gasteiger charge is 2.23. The minimum atomic E-state index is -0.228. The number of rotatable bonds is 6. The first-order valence-electron chi connectivity index (χ1n) is 9.63. The molecule has 0 bridgehead atoms. The zero-order valence-corrected chi connectivity index (χ0v) is 18.2. The van der Waals surface area contributed by atoms with E-state index in [0.29, 0.717) is 22.2 Å². The fourth-order valence-corrected chi connectivity index (χ4v) is 3.68. The number of aryl methyl sites for hydroxylation is 2. The second kappa shape index (κ2) is 8.65. The van der Waals surface area contributed by atoms with Gasteiger partial charge in [-0.1, -0.05) is 53.2 Å². The van der Waals surface area contributed by atoms with Crippen LogP contribution in [-0.4, -0.2) is 32.1 Å². The molecule has 158 valence electrons. The summed E-state index contributed by atoms with van der Waals surface area (Å²) in [5.41, 5.74) is 10.6. The summed E-state index contributed by atoms with van der Waals surface area (Å²) in [4.78, 5) is 17.1. The van der Waals surface area contributed by atoms with Crippen molar-refractivity contribution in [1.82, 2.24) is 19.9 Å². The standard InChI is InChI=1S/C22H22N6O2S/c1-13-8-10-15(11-9-13)20-25-21(30-27-20)18-19(23)28(26-22(18)31-3)12-17(29)24-16-7-5-4-6-14(16)2/h4-11H,12,23H2,1-3H3,(H,24,29). The molecule has 3 N–H and O–H groups in total. The third kappa shape index (κ3) is 4.31. The van der Waals surface area contributed by atoms with Gasteiger partial charge in [0.25, 0.3) is 5.89 Å². The zero-order valence-electron chi connectivity index (χ0n) is 17.4. The lowest BCUT2D eigenvalue weighted by Crippen LogP contribution is -2.21. The average molecular weight is 435 g/mol. The van der Waals surface area contributed by atoms with E-state index < -0.39 is 0 Å². The van der Waals surface area contributed by atoms with Gasteiger partial charge in [-0.25, -0.2) is 4.68 Å². The van der Waals surface area contributed by atoms with Crippen LogP contribution >= 0.6 is 11.8 Å². The molecular formula is C22H22N6O2S. The Labute approximate surface area is 183 Å². The fraction of sp³-hybridized carbons (Fsp3) is 0.182. The minimum absolute atomic E-state index is 0.0350. The van der Waals surface area contributed by atoms with Crippen LogP contribution in [0.25, 0.3) is 22.8 Å². The van der Waals surface area contributed by atoms with Crippen LogP contribution in [0.5, 0.6) is 0 Å². The van der Waals surface area contributed by atoms with Gasteiger partial charge in [0, 0.05) is 11.3 Å². The molecule has 0 aliphatic heterocycles. The SMILES string of the molecule is CSc1nn(CC(=O)Nc2ccccc2C)c(N)c1-c1nc(-c2ccc(C)cc2)no1. The topological polar surface area (TPSA) is 112 Å². The van der Waals surface area contributed by atoms with Crippen molar-refractivity contribution in [3.05, 3.63) is 59.7 Å². The fourth-order valence-electron chi connectivity index (χ4n) is 3.10. The van der Waals surface area contributed by atoms with Gasteiger partial charge in [-0.15, -0.1) is 11.8 Å². The van der Waals surface area contributed by atoms with Crippen LogP contribution in [0.1, 0.15) is 11.1 Å². The number of nitrogens with one attached hydrogen (secondary N) is 1. The molecule has 1 amide bonds. The number of benzene rings is 2. The molecule has 4 rings (SSSR count). The second-order valence-corrected chi connectivity index (χ2v) is 7.87. The molecule has 8 nitrogen and oxygen atoms in total. The van der Waals surface area contributed by atoms with E-state index in [1.165, 1.54) is 16.4 Å². The van der Waals surface area contributed by atoms with Crippen LogP contribution in [-0.2, 0) is 11.3 Å². The average Bonchev–Trinajstić information content (AvgIpc) is 3.35. The van der Waals surface area contributed by atoms with Crippen LogP contribution in [0.3, 0.4) is 0 Å². The molecule has 0 saturated carbocycles. The number of carbonyl (C=O) groups excluding carboxylic acids is 1. The van der Waals surface area contributed by atoms with Gasteiger partial charge < -0.3 is 15.6 Å². The number of nitrogen functional groups attached to an aromatic ring is 1. The first-order chi connectivity index (χ1) is 15.0. The summed E-state index contributed by atoms with van der Waals surface area (Å²) in [7, 11) is 0. The maximum atomic E-state index is 12.6. The van der Waals surface area contributed by atoms with Crippen molar-refractivity contribution in [2.75, 3.05) is 17.3 Å². The van der Waals surface area contributed by atoms with Crippen LogP contribution in [0, 0.1) is 13.8 Å². The van der Waals surface area contributed by atoms with Crippen molar-refractivity contribution in [1.29, 1.82) is 0 Å². The monoisotopic (exact) mass is 434 g/mol. The molecular weight excluding hydrogens is 412 g/mol. The van der Waals surface area contributed by atoms with Crippen LogP contribution in [0.4, 0.5) is 11.5 Å². The lowest BCUT2D eigenvalue weighted by molar-refractivity contribution is -0.116. The van der Waals surface area contributed by atoms with Gasteiger partial charge in [-0.2, -0.15) is 10.1 Å². The van der Waals surface area contributed by atoms with Gasteiger partial charge in [-0.05, 0) is 31.7 Å². The molecule has 0 aliphatic carbocycles. The molecule has 0 atom stereocenters. The maximum absolute atomic E-state index is 12.6. The van der Waals surface area contributed by atoms with E-state index in [-0.39, 0.29) is 18.3 Å². The van der Waals surface area contributed by atoms with Crippen molar-refractivity contribution in [3.63, 3.8) is 0 Å². The first-order valence-corrected chi connectivity index (χ1v) is 10.9. The van der Waals surface area contributed by atoms with Crippen molar-refractivity contribution in [2.24, 2.45) is 0 Å². The Hall–Kier alpha value is -3.59. The Balaban J connectivity index is 1.59. The van der Waals surface area contributed by atoms with Crippen molar-refractivity contribution < 1.29 is 9.32 Å². The highest BCUT2D eigenvalue weighted by molar-refractivity contribution is 7.98. The lowest BCUT2D eigenvalue weighted by atomic mass is 10.1. The van der Waals surface area contributed by atoms with E-state index in [2.05, 4.69) is 20.6 Å².